The molecule has 0 atom stereocenters. The lowest BCUT2D eigenvalue weighted by molar-refractivity contribution is -0.274. The molecule has 158 valence electrons. The summed E-state index contributed by atoms with van der Waals surface area (Å²) in [6, 6.07) is 7.53. The summed E-state index contributed by atoms with van der Waals surface area (Å²) in [7, 11) is 0. The fourth-order valence-electron chi connectivity index (χ4n) is 4.50. The van der Waals surface area contributed by atoms with Crippen molar-refractivity contribution in [3.8, 4) is 17.3 Å². The SMILES string of the molecule is Cc1cc(OC2CCC3(CCNCC3)CC2)nn1-c1ccc(OC(F)(F)F)cc1. The van der Waals surface area contributed by atoms with Crippen LogP contribution in [0.2, 0.25) is 0 Å². The van der Waals surface area contributed by atoms with E-state index in [9.17, 15) is 13.2 Å². The molecule has 1 N–H and O–H groups in total. The van der Waals surface area contributed by atoms with Gasteiger partial charge in [0.25, 0.3) is 0 Å². The lowest BCUT2D eigenvalue weighted by atomic mass is 9.68. The molecule has 0 amide bonds. The lowest BCUT2D eigenvalue weighted by Gasteiger charge is -2.42. The highest BCUT2D eigenvalue weighted by molar-refractivity contribution is 5.39. The zero-order valence-electron chi connectivity index (χ0n) is 16.5. The Morgan fingerprint density at radius 2 is 1.72 bits per heavy atom. The number of ether oxygens (including phenoxy) is 2. The molecular weight excluding hydrogens is 383 g/mol. The summed E-state index contributed by atoms with van der Waals surface area (Å²) in [4.78, 5) is 0. The number of aromatic nitrogens is 2. The van der Waals surface area contributed by atoms with Gasteiger partial charge >= 0.3 is 6.36 Å². The molecular formula is C21H26F3N3O2. The Kier molecular flexibility index (Phi) is 5.46. The monoisotopic (exact) mass is 409 g/mol. The van der Waals surface area contributed by atoms with E-state index in [1.807, 2.05) is 13.0 Å². The lowest BCUT2D eigenvalue weighted by Crippen LogP contribution is -2.41. The molecule has 29 heavy (non-hydrogen) atoms. The zero-order chi connectivity index (χ0) is 20.5. The second kappa shape index (κ2) is 7.89. The highest BCUT2D eigenvalue weighted by Crippen LogP contribution is 2.44. The van der Waals surface area contributed by atoms with Crippen LogP contribution in [0.4, 0.5) is 13.2 Å². The standard InChI is InChI=1S/C21H26F3N3O2/c1-15-14-19(28-17-6-8-20(9-7-17)10-12-25-13-11-20)26-27(15)16-2-4-18(5-3-16)29-21(22,23)24/h2-5,14,17,25H,6-13H2,1H3. The van der Waals surface area contributed by atoms with Gasteiger partial charge in [0, 0.05) is 11.8 Å². The molecule has 1 aromatic heterocycles. The van der Waals surface area contributed by atoms with Crippen LogP contribution in [0.3, 0.4) is 0 Å². The van der Waals surface area contributed by atoms with Crippen molar-refractivity contribution < 1.29 is 22.6 Å². The number of piperidine rings is 1. The van der Waals surface area contributed by atoms with Crippen molar-refractivity contribution in [2.45, 2.75) is 57.9 Å². The first-order valence-electron chi connectivity index (χ1n) is 10.1. The zero-order valence-corrected chi connectivity index (χ0v) is 16.5. The van der Waals surface area contributed by atoms with Crippen LogP contribution in [0.1, 0.15) is 44.2 Å². The molecule has 0 unspecified atom stereocenters. The predicted octanol–water partition coefficient (Wildman–Crippen LogP) is 4.77. The molecule has 2 fully saturated rings. The van der Waals surface area contributed by atoms with E-state index in [0.29, 0.717) is 17.0 Å². The van der Waals surface area contributed by atoms with Crippen LogP contribution in [0, 0.1) is 12.3 Å². The van der Waals surface area contributed by atoms with E-state index in [0.717, 1.165) is 31.6 Å². The topological polar surface area (TPSA) is 48.3 Å². The van der Waals surface area contributed by atoms with Gasteiger partial charge < -0.3 is 14.8 Å². The molecule has 2 aromatic rings. The fraction of sp³-hybridized carbons (Fsp3) is 0.571. The average Bonchev–Trinajstić information content (AvgIpc) is 3.04. The molecule has 2 aliphatic rings. The van der Waals surface area contributed by atoms with Gasteiger partial charge in [-0.3, -0.25) is 0 Å². The second-order valence-electron chi connectivity index (χ2n) is 8.14. The van der Waals surface area contributed by atoms with Crippen molar-refractivity contribution in [2.24, 2.45) is 5.41 Å². The van der Waals surface area contributed by atoms with Gasteiger partial charge in [-0.25, -0.2) is 4.68 Å². The highest BCUT2D eigenvalue weighted by Gasteiger charge is 2.37. The Hall–Kier alpha value is -2.22. The minimum Gasteiger partial charge on any atom is -0.473 e. The van der Waals surface area contributed by atoms with Gasteiger partial charge in [0.1, 0.15) is 11.9 Å². The Balaban J connectivity index is 1.38. The summed E-state index contributed by atoms with van der Waals surface area (Å²) in [6.07, 6.45) is 2.44. The quantitative estimate of drug-likeness (QED) is 0.790. The van der Waals surface area contributed by atoms with Crippen LogP contribution in [-0.4, -0.2) is 35.3 Å². The van der Waals surface area contributed by atoms with Gasteiger partial charge in [-0.1, -0.05) is 0 Å². The second-order valence-corrected chi connectivity index (χ2v) is 8.14. The summed E-state index contributed by atoms with van der Waals surface area (Å²) >= 11 is 0. The number of nitrogens with zero attached hydrogens (tertiary/aromatic N) is 2. The summed E-state index contributed by atoms with van der Waals surface area (Å²) in [5, 5.41) is 7.94. The molecule has 4 rings (SSSR count). The van der Waals surface area contributed by atoms with Crippen LogP contribution in [0.5, 0.6) is 11.6 Å². The molecule has 1 aromatic carbocycles. The number of aryl methyl sites for hydroxylation is 1. The number of benzene rings is 1. The van der Waals surface area contributed by atoms with E-state index < -0.39 is 6.36 Å². The van der Waals surface area contributed by atoms with Gasteiger partial charge in [0.2, 0.25) is 5.88 Å². The Morgan fingerprint density at radius 1 is 1.07 bits per heavy atom. The molecule has 1 saturated heterocycles. The first-order chi connectivity index (χ1) is 13.8. The number of hydrogen-bond donors (Lipinski definition) is 1. The number of halogens is 3. The fourth-order valence-corrected chi connectivity index (χ4v) is 4.50. The molecule has 1 aliphatic heterocycles. The smallest absolute Gasteiger partial charge is 0.473 e. The average molecular weight is 409 g/mol. The summed E-state index contributed by atoms with van der Waals surface area (Å²) in [5.41, 5.74) is 2.00. The Morgan fingerprint density at radius 3 is 2.34 bits per heavy atom. The first kappa shape index (κ1) is 20.1. The van der Waals surface area contributed by atoms with Gasteiger partial charge in [0.05, 0.1) is 5.69 Å². The summed E-state index contributed by atoms with van der Waals surface area (Å²) in [6.45, 7) is 4.12. The maximum atomic E-state index is 12.3. The summed E-state index contributed by atoms with van der Waals surface area (Å²) in [5.74, 6) is 0.306. The number of nitrogens with one attached hydrogen (secondary N) is 1. The molecule has 1 spiro atoms. The van der Waals surface area contributed by atoms with Crippen molar-refractivity contribution in [3.05, 3.63) is 36.0 Å². The summed E-state index contributed by atoms with van der Waals surface area (Å²) < 4.78 is 48.7. The van der Waals surface area contributed by atoms with Crippen LogP contribution < -0.4 is 14.8 Å². The van der Waals surface area contributed by atoms with Gasteiger partial charge in [-0.15, -0.1) is 18.3 Å². The van der Waals surface area contributed by atoms with Gasteiger partial charge in [-0.2, -0.15) is 0 Å². The third kappa shape index (κ3) is 4.86. The van der Waals surface area contributed by atoms with E-state index in [1.165, 1.54) is 37.8 Å². The minimum absolute atomic E-state index is 0.167. The maximum Gasteiger partial charge on any atom is 0.573 e. The Bertz CT molecular complexity index is 817. The molecule has 2 heterocycles. The van der Waals surface area contributed by atoms with Gasteiger partial charge in [-0.05, 0) is 88.2 Å². The molecule has 1 saturated carbocycles. The first-order valence-corrected chi connectivity index (χ1v) is 10.1. The number of alkyl halides is 3. The third-order valence-corrected chi connectivity index (χ3v) is 6.12. The largest absolute Gasteiger partial charge is 0.573 e. The predicted molar refractivity (Wildman–Crippen MR) is 102 cm³/mol. The van der Waals surface area contributed by atoms with E-state index in [1.54, 1.807) is 16.8 Å². The normalized spacial score (nSPS) is 20.0. The van der Waals surface area contributed by atoms with E-state index in [2.05, 4.69) is 15.2 Å². The van der Waals surface area contributed by atoms with Crippen LogP contribution >= 0.6 is 0 Å². The van der Waals surface area contributed by atoms with E-state index in [-0.39, 0.29) is 11.9 Å². The molecule has 8 heteroatoms. The molecule has 0 bridgehead atoms. The van der Waals surface area contributed by atoms with Crippen molar-refractivity contribution in [1.82, 2.24) is 15.1 Å². The van der Waals surface area contributed by atoms with Crippen LogP contribution in [0.25, 0.3) is 5.69 Å². The van der Waals surface area contributed by atoms with E-state index >= 15 is 0 Å². The van der Waals surface area contributed by atoms with Crippen molar-refractivity contribution in [3.63, 3.8) is 0 Å². The maximum absolute atomic E-state index is 12.3. The van der Waals surface area contributed by atoms with E-state index in [4.69, 9.17) is 4.74 Å². The third-order valence-electron chi connectivity index (χ3n) is 6.12. The minimum atomic E-state index is -4.70. The molecule has 5 nitrogen and oxygen atoms in total. The highest BCUT2D eigenvalue weighted by atomic mass is 19.4. The van der Waals surface area contributed by atoms with Crippen LogP contribution in [0.15, 0.2) is 30.3 Å². The van der Waals surface area contributed by atoms with Crippen molar-refractivity contribution in [1.29, 1.82) is 0 Å². The van der Waals surface area contributed by atoms with Crippen LogP contribution in [-0.2, 0) is 0 Å². The Labute approximate surface area is 168 Å². The molecule has 0 radical (unpaired) electrons. The number of rotatable bonds is 4. The van der Waals surface area contributed by atoms with Crippen molar-refractivity contribution in [2.75, 3.05) is 13.1 Å². The molecule has 1 aliphatic carbocycles. The van der Waals surface area contributed by atoms with Crippen molar-refractivity contribution >= 4 is 0 Å². The number of hydrogen-bond acceptors (Lipinski definition) is 4. The van der Waals surface area contributed by atoms with Gasteiger partial charge in [0.15, 0.2) is 0 Å².